The zero-order valence-corrected chi connectivity index (χ0v) is 47.9. The van der Waals surface area contributed by atoms with Gasteiger partial charge in [0, 0.05) is 49.8 Å². The van der Waals surface area contributed by atoms with Crippen LogP contribution in [0.15, 0.2) is 61.2 Å². The zero-order chi connectivity index (χ0) is 56.3. The van der Waals surface area contributed by atoms with Crippen LogP contribution in [0.4, 0.5) is 11.9 Å². The highest BCUT2D eigenvalue weighted by Crippen LogP contribution is 2.41. The number of methoxy groups -OCH3 is 4. The molecule has 424 valence electrons. The first-order valence-electron chi connectivity index (χ1n) is 25.7. The molecule has 6 heterocycles. The number of anilines is 2. The highest BCUT2D eigenvalue weighted by Gasteiger charge is 2.39. The molecule has 0 unspecified atom stereocenters. The number of hydrogen-bond acceptors (Lipinski definition) is 20. The Bertz CT molecular complexity index is 2880. The van der Waals surface area contributed by atoms with Crippen LogP contribution in [-0.4, -0.2) is 144 Å². The molecule has 0 bridgehead atoms. The second kappa shape index (κ2) is 26.4. The Labute approximate surface area is 456 Å². The second-order valence-corrected chi connectivity index (χ2v) is 23.5. The number of nitrogens with one attached hydrogen (secondary N) is 2. The van der Waals surface area contributed by atoms with E-state index in [0.29, 0.717) is 72.4 Å². The molecule has 26 heteroatoms. The van der Waals surface area contributed by atoms with Gasteiger partial charge in [0.1, 0.15) is 68.7 Å². The van der Waals surface area contributed by atoms with Crippen molar-refractivity contribution in [2.45, 2.75) is 128 Å². The summed E-state index contributed by atoms with van der Waals surface area (Å²) in [5.41, 5.74) is 2.67. The summed E-state index contributed by atoms with van der Waals surface area (Å²) in [6.45, 7) is 16.4. The lowest BCUT2D eigenvalue weighted by Gasteiger charge is -2.26. The van der Waals surface area contributed by atoms with Gasteiger partial charge in [0.15, 0.2) is 11.6 Å². The number of rotatable bonds is 22. The summed E-state index contributed by atoms with van der Waals surface area (Å²) >= 11 is 0. The molecule has 8 rings (SSSR count). The Morgan fingerprint density at radius 1 is 0.538 bits per heavy atom. The van der Waals surface area contributed by atoms with E-state index in [-0.39, 0.29) is 47.6 Å². The van der Waals surface area contributed by atoms with E-state index in [0.717, 1.165) is 36.8 Å². The van der Waals surface area contributed by atoms with Gasteiger partial charge < -0.3 is 37.9 Å². The van der Waals surface area contributed by atoms with Crippen LogP contribution in [-0.2, 0) is 39.0 Å². The van der Waals surface area contributed by atoms with Crippen LogP contribution in [0.25, 0.3) is 11.4 Å². The topological polar surface area (TPSA) is 279 Å². The first kappa shape index (κ1) is 59.1. The van der Waals surface area contributed by atoms with Gasteiger partial charge in [-0.25, -0.2) is 36.8 Å². The second-order valence-electron chi connectivity index (χ2n) is 19.4. The molecule has 2 N–H and O–H groups in total. The van der Waals surface area contributed by atoms with Crippen LogP contribution >= 0.6 is 0 Å². The number of hydrogen-bond donors (Lipinski definition) is 2. The molecule has 6 aromatic rings. The normalized spacial score (nSPS) is 17.6. The summed E-state index contributed by atoms with van der Waals surface area (Å²) in [7, 11) is -2.05. The van der Waals surface area contributed by atoms with Crippen molar-refractivity contribution in [2.24, 2.45) is 0 Å². The number of aryl methyl sites for hydroxylation is 2. The minimum atomic E-state index is -4.09. The number of sulfonamides is 2. The molecule has 4 aromatic heterocycles. The number of aromatic nitrogens is 10. The standard InChI is InChI=1S/2C26H36N6O6S/c2*1-16(2)38-23(24-27-13-17(3)14-28-24)18(4)39(33,34)31-26-30-29-25(19-9-8-12-37-15-19)32(26)22-20(35-5)10-7-11-21(22)36-6/h2*7,10-11,13-14,16,18-19,23H,8-9,12,15H2,1-6H3,(H,30,31)/t18-,19+,23+;18-,19-,23+/m00/s1. The van der Waals surface area contributed by atoms with E-state index in [9.17, 15) is 16.8 Å². The predicted octanol–water partition coefficient (Wildman–Crippen LogP) is 7.15. The van der Waals surface area contributed by atoms with E-state index >= 15 is 0 Å². The van der Waals surface area contributed by atoms with Gasteiger partial charge in [-0.2, -0.15) is 0 Å². The molecule has 2 saturated heterocycles. The van der Waals surface area contributed by atoms with E-state index < -0.39 is 42.8 Å². The van der Waals surface area contributed by atoms with Gasteiger partial charge in [-0.3, -0.25) is 18.6 Å². The maximum absolute atomic E-state index is 13.8. The van der Waals surface area contributed by atoms with Crippen LogP contribution in [0.1, 0.15) is 126 Å². The van der Waals surface area contributed by atoms with E-state index in [4.69, 9.17) is 37.9 Å². The van der Waals surface area contributed by atoms with Gasteiger partial charge in [-0.1, -0.05) is 12.1 Å². The van der Waals surface area contributed by atoms with E-state index in [1.807, 2.05) is 41.5 Å². The molecule has 0 spiro atoms. The number of para-hydroxylation sites is 2. The Hall–Kier alpha value is -6.58. The van der Waals surface area contributed by atoms with E-state index in [1.165, 1.54) is 28.4 Å². The van der Waals surface area contributed by atoms with E-state index in [1.54, 1.807) is 84.2 Å². The number of ether oxygens (including phenoxy) is 8. The fourth-order valence-electron chi connectivity index (χ4n) is 8.90. The van der Waals surface area contributed by atoms with Gasteiger partial charge in [-0.15, -0.1) is 20.4 Å². The van der Waals surface area contributed by atoms with Crippen molar-refractivity contribution < 1.29 is 54.7 Å². The highest BCUT2D eigenvalue weighted by molar-refractivity contribution is 7.93. The molecule has 2 aromatic carbocycles. The summed E-state index contributed by atoms with van der Waals surface area (Å²) in [6.07, 6.45) is 7.48. The molecule has 6 atom stereocenters. The van der Waals surface area contributed by atoms with Crippen molar-refractivity contribution in [3.8, 4) is 34.4 Å². The van der Waals surface area contributed by atoms with Crippen molar-refractivity contribution >= 4 is 31.9 Å². The van der Waals surface area contributed by atoms with Crippen molar-refractivity contribution in [1.29, 1.82) is 0 Å². The third-order valence-electron chi connectivity index (χ3n) is 12.9. The monoisotopic (exact) mass is 1120 g/mol. The Kier molecular flexibility index (Phi) is 20.0. The predicted molar refractivity (Wildman–Crippen MR) is 290 cm³/mol. The Morgan fingerprint density at radius 3 is 1.15 bits per heavy atom. The van der Waals surface area contributed by atoms with Crippen molar-refractivity contribution in [1.82, 2.24) is 49.5 Å². The summed E-state index contributed by atoms with van der Waals surface area (Å²) in [5, 5.41) is 15.2. The third-order valence-corrected chi connectivity index (χ3v) is 16.3. The highest BCUT2D eigenvalue weighted by atomic mass is 32.2. The molecule has 2 aliphatic rings. The molecule has 0 aliphatic carbocycles. The molecular formula is C52H72N12O12S2. The molecular weight excluding hydrogens is 1050 g/mol. The molecule has 0 amide bonds. The molecule has 2 fully saturated rings. The quantitative estimate of drug-likeness (QED) is 0.0682. The van der Waals surface area contributed by atoms with Gasteiger partial charge in [0.05, 0.1) is 53.9 Å². The molecule has 0 radical (unpaired) electrons. The maximum atomic E-state index is 13.8. The lowest BCUT2D eigenvalue weighted by molar-refractivity contribution is 0.00132. The van der Waals surface area contributed by atoms with Gasteiger partial charge >= 0.3 is 0 Å². The fraction of sp³-hybridized carbons (Fsp3) is 0.538. The van der Waals surface area contributed by atoms with Crippen LogP contribution < -0.4 is 28.4 Å². The Morgan fingerprint density at radius 2 is 0.872 bits per heavy atom. The average Bonchev–Trinajstić information content (AvgIpc) is 4.04. The first-order chi connectivity index (χ1) is 37.3. The van der Waals surface area contributed by atoms with Gasteiger partial charge in [0.25, 0.3) is 0 Å². The Balaban J connectivity index is 0.000000226. The van der Waals surface area contributed by atoms with Crippen LogP contribution in [0.2, 0.25) is 0 Å². The third kappa shape index (κ3) is 13.8. The lowest BCUT2D eigenvalue weighted by Crippen LogP contribution is -2.35. The van der Waals surface area contributed by atoms with Crippen molar-refractivity contribution in [2.75, 3.05) is 64.3 Å². The minimum absolute atomic E-state index is 0.00153. The summed E-state index contributed by atoms with van der Waals surface area (Å²) in [6, 6.07) is 10.6. The molecule has 78 heavy (non-hydrogen) atoms. The molecule has 24 nitrogen and oxygen atoms in total. The summed E-state index contributed by atoms with van der Waals surface area (Å²) in [5.74, 6) is 3.30. The van der Waals surface area contributed by atoms with Crippen LogP contribution in [0.5, 0.6) is 23.0 Å². The summed E-state index contributed by atoms with van der Waals surface area (Å²) in [4.78, 5) is 17.4. The smallest absolute Gasteiger partial charge is 0.243 e. The lowest BCUT2D eigenvalue weighted by atomic mass is 10.0. The maximum Gasteiger partial charge on any atom is 0.243 e. The number of benzene rings is 2. The van der Waals surface area contributed by atoms with Crippen LogP contribution in [0, 0.1) is 13.8 Å². The van der Waals surface area contributed by atoms with Crippen molar-refractivity contribution in [3.05, 3.63) is 95.6 Å². The number of nitrogens with zero attached hydrogens (tertiary/aromatic N) is 10. The van der Waals surface area contributed by atoms with Gasteiger partial charge in [0.2, 0.25) is 31.9 Å². The largest absolute Gasteiger partial charge is 0.494 e. The minimum Gasteiger partial charge on any atom is -0.494 e. The molecule has 2 aliphatic heterocycles. The van der Waals surface area contributed by atoms with Gasteiger partial charge in [-0.05, 0) is 116 Å². The van der Waals surface area contributed by atoms with E-state index in [2.05, 4.69) is 49.8 Å². The summed E-state index contributed by atoms with van der Waals surface area (Å²) < 4.78 is 110. The average molecular weight is 1120 g/mol. The van der Waals surface area contributed by atoms with Crippen molar-refractivity contribution in [3.63, 3.8) is 0 Å². The fourth-order valence-corrected chi connectivity index (χ4v) is 11.1. The zero-order valence-electron chi connectivity index (χ0n) is 46.2. The SMILES string of the molecule is COc1cccc(OC)c1-n1c(NS(=O)(=O)[C@@H](C)[C@@H](OC(C)C)c2ncc(C)cn2)nnc1[C@@H]1CCCOC1.COc1cccc(OC)c1-n1c(NS(=O)(=O)[C@@H](C)[C@@H](OC(C)C)c2ncc(C)cn2)nnc1[C@H]1CCCOC1. The van der Waals surface area contributed by atoms with Crippen LogP contribution in [0.3, 0.4) is 0 Å². The molecule has 0 saturated carbocycles. The first-order valence-corrected chi connectivity index (χ1v) is 28.8.